The maximum atomic E-state index is 12.4. The molecule has 2 heterocycles. The average Bonchev–Trinajstić information content (AvgIpc) is 3.30. The number of carbonyl (C=O) groups excluding carboxylic acids is 1. The number of thioether (sulfide) groups is 1. The van der Waals surface area contributed by atoms with E-state index in [-0.39, 0.29) is 23.5 Å². The Kier molecular flexibility index (Phi) is 5.80. The number of carbonyl (C=O) groups is 1. The fraction of sp³-hybridized carbons (Fsp3) is 0.500. The van der Waals surface area contributed by atoms with E-state index in [2.05, 4.69) is 34.5 Å². The molecule has 5 nitrogen and oxygen atoms in total. The molecule has 0 radical (unpaired) electrons. The van der Waals surface area contributed by atoms with Crippen LogP contribution >= 0.6 is 11.8 Å². The summed E-state index contributed by atoms with van der Waals surface area (Å²) in [5.74, 6) is 1.55. The molecule has 1 amide bonds. The number of rotatable bonds is 6. The summed E-state index contributed by atoms with van der Waals surface area (Å²) < 4.78 is 11.6. The van der Waals surface area contributed by atoms with Crippen molar-refractivity contribution in [1.82, 2.24) is 10.2 Å². The van der Waals surface area contributed by atoms with Gasteiger partial charge >= 0.3 is 0 Å². The lowest BCUT2D eigenvalue weighted by molar-refractivity contribution is -0.121. The van der Waals surface area contributed by atoms with Crippen molar-refractivity contribution < 1.29 is 13.9 Å². The van der Waals surface area contributed by atoms with Crippen LogP contribution < -0.4 is 5.32 Å². The zero-order chi connectivity index (χ0) is 19.6. The van der Waals surface area contributed by atoms with Crippen LogP contribution in [0.2, 0.25) is 0 Å². The first-order valence-electron chi connectivity index (χ1n) is 9.83. The summed E-state index contributed by atoms with van der Waals surface area (Å²) in [5, 5.41) is 3.24. The molecule has 2 aromatic rings. The number of hydrogen-bond donors (Lipinski definition) is 1. The Balaban J connectivity index is 1.57. The lowest BCUT2D eigenvalue weighted by Gasteiger charge is -2.44. The van der Waals surface area contributed by atoms with Crippen molar-refractivity contribution in [3.8, 4) is 0 Å². The van der Waals surface area contributed by atoms with Crippen LogP contribution in [-0.2, 0) is 21.5 Å². The summed E-state index contributed by atoms with van der Waals surface area (Å²) in [7, 11) is 1.78. The monoisotopic (exact) mass is 400 g/mol. The first-order chi connectivity index (χ1) is 13.7. The SMILES string of the molecule is CO[C@H]1[C@H](NC(=O)CSC)c2ccccc2C12CCN(Cc1ccco1)CC2. The Morgan fingerprint density at radius 2 is 2.07 bits per heavy atom. The number of piperidine rings is 1. The van der Waals surface area contributed by atoms with Crippen LogP contribution in [0.25, 0.3) is 0 Å². The van der Waals surface area contributed by atoms with Crippen molar-refractivity contribution in [2.24, 2.45) is 0 Å². The molecule has 4 rings (SSSR count). The molecular weight excluding hydrogens is 372 g/mol. The van der Waals surface area contributed by atoms with Crippen LogP contribution in [0.15, 0.2) is 47.1 Å². The number of hydrogen-bond acceptors (Lipinski definition) is 5. The van der Waals surface area contributed by atoms with Gasteiger partial charge in [0, 0.05) is 12.5 Å². The van der Waals surface area contributed by atoms with Gasteiger partial charge in [-0.25, -0.2) is 0 Å². The van der Waals surface area contributed by atoms with Gasteiger partial charge in [-0.05, 0) is 55.4 Å². The van der Waals surface area contributed by atoms with Gasteiger partial charge in [-0.15, -0.1) is 0 Å². The van der Waals surface area contributed by atoms with E-state index in [9.17, 15) is 4.79 Å². The summed E-state index contributed by atoms with van der Waals surface area (Å²) in [6.07, 6.45) is 5.67. The highest BCUT2D eigenvalue weighted by Crippen LogP contribution is 2.52. The molecule has 2 aliphatic rings. The Hall–Kier alpha value is -1.76. The minimum atomic E-state index is -0.0857. The third kappa shape index (κ3) is 3.49. The van der Waals surface area contributed by atoms with Gasteiger partial charge in [0.25, 0.3) is 0 Å². The predicted octanol–water partition coefficient (Wildman–Crippen LogP) is 3.36. The molecule has 1 N–H and O–H groups in total. The number of nitrogens with zero attached hydrogens (tertiary/aromatic N) is 1. The number of ether oxygens (including phenoxy) is 1. The molecule has 1 fully saturated rings. The maximum absolute atomic E-state index is 12.4. The second-order valence-corrected chi connectivity index (χ2v) is 8.60. The second kappa shape index (κ2) is 8.31. The van der Waals surface area contributed by atoms with Gasteiger partial charge < -0.3 is 14.5 Å². The van der Waals surface area contributed by atoms with E-state index in [4.69, 9.17) is 9.15 Å². The summed E-state index contributed by atoms with van der Waals surface area (Å²) in [6.45, 7) is 2.82. The molecule has 6 heteroatoms. The lowest BCUT2D eigenvalue weighted by Crippen LogP contribution is -2.50. The number of fused-ring (bicyclic) bond motifs is 2. The highest BCUT2D eigenvalue weighted by Gasteiger charge is 2.53. The van der Waals surface area contributed by atoms with Crippen molar-refractivity contribution >= 4 is 17.7 Å². The molecule has 1 saturated heterocycles. The Labute approximate surface area is 170 Å². The molecule has 1 aliphatic heterocycles. The summed E-state index contributed by atoms with van der Waals surface area (Å²) in [6, 6.07) is 12.4. The molecule has 2 atom stereocenters. The summed E-state index contributed by atoms with van der Waals surface area (Å²) >= 11 is 1.54. The average molecular weight is 401 g/mol. The fourth-order valence-electron chi connectivity index (χ4n) is 5.01. The van der Waals surface area contributed by atoms with Gasteiger partial charge in [0.2, 0.25) is 5.91 Å². The Morgan fingerprint density at radius 3 is 2.75 bits per heavy atom. The maximum Gasteiger partial charge on any atom is 0.230 e. The number of methoxy groups -OCH3 is 1. The third-order valence-electron chi connectivity index (χ3n) is 6.23. The van der Waals surface area contributed by atoms with Crippen molar-refractivity contribution in [2.75, 3.05) is 32.2 Å². The highest BCUT2D eigenvalue weighted by atomic mass is 32.2. The number of nitrogens with one attached hydrogen (secondary N) is 1. The third-order valence-corrected chi connectivity index (χ3v) is 6.78. The molecule has 1 aromatic heterocycles. The molecule has 1 spiro atoms. The first-order valence-corrected chi connectivity index (χ1v) is 11.2. The summed E-state index contributed by atoms with van der Waals surface area (Å²) in [5.41, 5.74) is 2.50. The Bertz CT molecular complexity index is 800. The first kappa shape index (κ1) is 19.6. The molecule has 0 unspecified atom stereocenters. The van der Waals surface area contributed by atoms with Gasteiger partial charge in [0.05, 0.1) is 30.7 Å². The van der Waals surface area contributed by atoms with Crippen LogP contribution in [0.3, 0.4) is 0 Å². The number of amides is 1. The van der Waals surface area contributed by atoms with E-state index in [1.807, 2.05) is 18.4 Å². The van der Waals surface area contributed by atoms with Gasteiger partial charge in [0.15, 0.2) is 0 Å². The molecule has 1 aromatic carbocycles. The normalized spacial score (nSPS) is 23.6. The zero-order valence-electron chi connectivity index (χ0n) is 16.5. The molecule has 150 valence electrons. The molecule has 0 saturated carbocycles. The van der Waals surface area contributed by atoms with Crippen LogP contribution in [0.4, 0.5) is 0 Å². The van der Waals surface area contributed by atoms with E-state index >= 15 is 0 Å². The fourth-order valence-corrected chi connectivity index (χ4v) is 5.35. The van der Waals surface area contributed by atoms with E-state index in [0.29, 0.717) is 5.75 Å². The van der Waals surface area contributed by atoms with Crippen LogP contribution in [0.5, 0.6) is 0 Å². The van der Waals surface area contributed by atoms with Gasteiger partial charge in [-0.3, -0.25) is 9.69 Å². The second-order valence-electron chi connectivity index (χ2n) is 7.73. The van der Waals surface area contributed by atoms with Gasteiger partial charge in [0.1, 0.15) is 5.76 Å². The molecule has 1 aliphatic carbocycles. The van der Waals surface area contributed by atoms with E-state index in [0.717, 1.165) is 38.2 Å². The van der Waals surface area contributed by atoms with Gasteiger partial charge in [-0.1, -0.05) is 24.3 Å². The topological polar surface area (TPSA) is 54.7 Å². The van der Waals surface area contributed by atoms with E-state index < -0.39 is 0 Å². The van der Waals surface area contributed by atoms with Crippen molar-refractivity contribution in [1.29, 1.82) is 0 Å². The van der Waals surface area contributed by atoms with E-state index in [1.165, 1.54) is 11.1 Å². The highest BCUT2D eigenvalue weighted by molar-refractivity contribution is 7.99. The molecular formula is C22H28N2O3S. The van der Waals surface area contributed by atoms with Crippen molar-refractivity contribution in [2.45, 2.75) is 36.9 Å². The molecule has 28 heavy (non-hydrogen) atoms. The standard InChI is InChI=1S/C22H28N2O3S/c1-26-21-20(23-19(25)15-28-2)17-7-3-4-8-18(17)22(21)9-11-24(12-10-22)14-16-6-5-13-27-16/h3-8,13,20-21H,9-12,14-15H2,1-2H3,(H,23,25)/t20-,21+/m1/s1. The number of furan rings is 1. The van der Waals surface area contributed by atoms with Crippen LogP contribution in [0.1, 0.15) is 35.8 Å². The van der Waals surface area contributed by atoms with E-state index in [1.54, 1.807) is 25.1 Å². The number of likely N-dealkylation sites (tertiary alicyclic amines) is 1. The van der Waals surface area contributed by atoms with Crippen molar-refractivity contribution in [3.05, 3.63) is 59.5 Å². The Morgan fingerprint density at radius 1 is 1.29 bits per heavy atom. The summed E-state index contributed by atoms with van der Waals surface area (Å²) in [4.78, 5) is 14.8. The zero-order valence-corrected chi connectivity index (χ0v) is 17.3. The smallest absolute Gasteiger partial charge is 0.230 e. The predicted molar refractivity (Wildman–Crippen MR) is 111 cm³/mol. The van der Waals surface area contributed by atoms with Crippen LogP contribution in [0, 0.1) is 0 Å². The minimum absolute atomic E-state index is 0.0403. The lowest BCUT2D eigenvalue weighted by atomic mass is 9.72. The van der Waals surface area contributed by atoms with Crippen LogP contribution in [-0.4, -0.2) is 49.1 Å². The number of benzene rings is 1. The van der Waals surface area contributed by atoms with Crippen molar-refractivity contribution in [3.63, 3.8) is 0 Å². The largest absolute Gasteiger partial charge is 0.468 e. The van der Waals surface area contributed by atoms with Gasteiger partial charge in [-0.2, -0.15) is 11.8 Å². The molecule has 0 bridgehead atoms. The minimum Gasteiger partial charge on any atom is -0.468 e. The quantitative estimate of drug-likeness (QED) is 0.806.